The van der Waals surface area contributed by atoms with E-state index >= 15 is 0 Å². The minimum atomic E-state index is 0.355. The summed E-state index contributed by atoms with van der Waals surface area (Å²) >= 11 is 0. The lowest BCUT2D eigenvalue weighted by atomic mass is 9.73. The normalized spacial score (nSPS) is 21.9. The Bertz CT molecular complexity index is 259. The molecule has 0 saturated carbocycles. The van der Waals surface area contributed by atoms with E-state index in [1.54, 1.807) is 0 Å². The maximum Gasteiger partial charge on any atom is 0.0102 e. The van der Waals surface area contributed by atoms with Gasteiger partial charge in [0.05, 0.1) is 0 Å². The van der Waals surface area contributed by atoms with Gasteiger partial charge in [0.2, 0.25) is 0 Å². The quantitative estimate of drug-likeness (QED) is 0.714. The summed E-state index contributed by atoms with van der Waals surface area (Å²) in [5.74, 6) is 0. The molecule has 1 unspecified atom stereocenters. The van der Waals surface area contributed by atoms with Crippen LogP contribution in [0.3, 0.4) is 0 Å². The molecule has 1 aliphatic rings. The molecule has 0 bridgehead atoms. The molecule has 0 aliphatic carbocycles. The number of likely N-dealkylation sites (tertiary alicyclic amines) is 1. The van der Waals surface area contributed by atoms with Crippen LogP contribution in [0.4, 0.5) is 0 Å². The topological polar surface area (TPSA) is 15.3 Å². The highest BCUT2D eigenvalue weighted by Gasteiger charge is 2.34. The summed E-state index contributed by atoms with van der Waals surface area (Å²) in [6.45, 7) is 19.1. The Kier molecular flexibility index (Phi) is 7.00. The molecule has 0 spiro atoms. The van der Waals surface area contributed by atoms with Crippen LogP contribution in [-0.2, 0) is 0 Å². The van der Waals surface area contributed by atoms with Gasteiger partial charge in [0.1, 0.15) is 0 Å². The summed E-state index contributed by atoms with van der Waals surface area (Å²) in [5.41, 5.74) is 1.00. The van der Waals surface area contributed by atoms with Gasteiger partial charge in [-0.1, -0.05) is 47.5 Å². The van der Waals surface area contributed by atoms with Crippen LogP contribution in [0.2, 0.25) is 0 Å². The molecule has 1 atom stereocenters. The molecule has 20 heavy (non-hydrogen) atoms. The molecule has 1 saturated heterocycles. The fraction of sp³-hybridized carbons (Fsp3) is 1.00. The molecular formula is C18H38N2. The molecule has 1 fully saturated rings. The second-order valence-electron chi connectivity index (χ2n) is 7.65. The average molecular weight is 283 g/mol. The standard InChI is InChI=1S/C18H38N2/c1-7-12-19-16(4)17(5,6)15-20-13-10-18(8-2,9-3)11-14-20/h16,19H,7-15H2,1-6H3. The maximum atomic E-state index is 3.67. The van der Waals surface area contributed by atoms with E-state index in [2.05, 4.69) is 51.8 Å². The molecule has 1 heterocycles. The molecule has 2 nitrogen and oxygen atoms in total. The van der Waals surface area contributed by atoms with Crippen molar-refractivity contribution in [3.63, 3.8) is 0 Å². The van der Waals surface area contributed by atoms with Gasteiger partial charge in [-0.2, -0.15) is 0 Å². The van der Waals surface area contributed by atoms with Crippen LogP contribution in [0.15, 0.2) is 0 Å². The Morgan fingerprint density at radius 2 is 1.65 bits per heavy atom. The molecule has 120 valence electrons. The van der Waals surface area contributed by atoms with Crippen molar-refractivity contribution in [2.24, 2.45) is 10.8 Å². The van der Waals surface area contributed by atoms with Crippen LogP contribution in [0.5, 0.6) is 0 Å². The van der Waals surface area contributed by atoms with E-state index in [4.69, 9.17) is 0 Å². The lowest BCUT2D eigenvalue weighted by Gasteiger charge is -2.44. The van der Waals surface area contributed by atoms with Crippen LogP contribution in [-0.4, -0.2) is 37.1 Å². The molecule has 1 aliphatic heterocycles. The van der Waals surface area contributed by atoms with E-state index in [0.29, 0.717) is 16.9 Å². The smallest absolute Gasteiger partial charge is 0.0102 e. The third-order valence-corrected chi connectivity index (χ3v) is 5.92. The number of hydrogen-bond donors (Lipinski definition) is 1. The first kappa shape index (κ1) is 18.0. The monoisotopic (exact) mass is 282 g/mol. The Morgan fingerprint density at radius 1 is 1.10 bits per heavy atom. The van der Waals surface area contributed by atoms with Crippen molar-refractivity contribution in [3.8, 4) is 0 Å². The predicted octanol–water partition coefficient (Wildman–Crippen LogP) is 4.30. The number of nitrogens with one attached hydrogen (secondary N) is 1. The van der Waals surface area contributed by atoms with Crippen LogP contribution in [0.25, 0.3) is 0 Å². The molecular weight excluding hydrogens is 244 g/mol. The first-order valence-corrected chi connectivity index (χ1v) is 8.85. The lowest BCUT2D eigenvalue weighted by Crippen LogP contribution is -2.49. The number of piperidine rings is 1. The van der Waals surface area contributed by atoms with Crippen molar-refractivity contribution >= 4 is 0 Å². The van der Waals surface area contributed by atoms with Crippen molar-refractivity contribution in [2.75, 3.05) is 26.2 Å². The van der Waals surface area contributed by atoms with E-state index in [-0.39, 0.29) is 0 Å². The van der Waals surface area contributed by atoms with Crippen LogP contribution in [0.1, 0.15) is 73.6 Å². The Hall–Kier alpha value is -0.0800. The zero-order valence-electron chi connectivity index (χ0n) is 14.9. The van der Waals surface area contributed by atoms with Crippen molar-refractivity contribution < 1.29 is 0 Å². The molecule has 0 radical (unpaired) electrons. The average Bonchev–Trinajstić information content (AvgIpc) is 2.45. The van der Waals surface area contributed by atoms with Gasteiger partial charge < -0.3 is 10.2 Å². The second kappa shape index (κ2) is 7.79. The summed E-state index contributed by atoms with van der Waals surface area (Å²) < 4.78 is 0. The fourth-order valence-electron chi connectivity index (χ4n) is 3.49. The fourth-order valence-corrected chi connectivity index (χ4v) is 3.49. The Balaban J connectivity index is 2.45. The minimum Gasteiger partial charge on any atom is -0.314 e. The number of nitrogens with zero attached hydrogens (tertiary/aromatic N) is 1. The van der Waals surface area contributed by atoms with E-state index < -0.39 is 0 Å². The molecule has 0 aromatic carbocycles. The highest BCUT2D eigenvalue weighted by molar-refractivity contribution is 4.89. The molecule has 0 aromatic heterocycles. The van der Waals surface area contributed by atoms with Gasteiger partial charge in [0.15, 0.2) is 0 Å². The maximum absolute atomic E-state index is 3.67. The molecule has 1 rings (SSSR count). The van der Waals surface area contributed by atoms with Gasteiger partial charge in [0, 0.05) is 12.6 Å². The summed E-state index contributed by atoms with van der Waals surface area (Å²) in [4.78, 5) is 2.70. The largest absolute Gasteiger partial charge is 0.314 e. The van der Waals surface area contributed by atoms with Gasteiger partial charge in [0.25, 0.3) is 0 Å². The Morgan fingerprint density at radius 3 is 2.10 bits per heavy atom. The summed E-state index contributed by atoms with van der Waals surface area (Å²) in [6, 6.07) is 0.589. The van der Waals surface area contributed by atoms with E-state index in [1.165, 1.54) is 51.7 Å². The number of hydrogen-bond acceptors (Lipinski definition) is 2. The Labute approximate surface area is 127 Å². The molecule has 0 amide bonds. The summed E-state index contributed by atoms with van der Waals surface area (Å²) in [6.07, 6.45) is 6.73. The minimum absolute atomic E-state index is 0.355. The zero-order chi connectivity index (χ0) is 15.2. The number of rotatable bonds is 8. The third-order valence-electron chi connectivity index (χ3n) is 5.92. The first-order valence-electron chi connectivity index (χ1n) is 8.85. The highest BCUT2D eigenvalue weighted by atomic mass is 15.1. The lowest BCUT2D eigenvalue weighted by molar-refractivity contribution is 0.0595. The van der Waals surface area contributed by atoms with Crippen molar-refractivity contribution in [3.05, 3.63) is 0 Å². The van der Waals surface area contributed by atoms with Gasteiger partial charge in [-0.05, 0) is 56.7 Å². The van der Waals surface area contributed by atoms with Gasteiger partial charge >= 0.3 is 0 Å². The SMILES string of the molecule is CCCNC(C)C(C)(C)CN1CCC(CC)(CC)CC1. The van der Waals surface area contributed by atoms with Crippen LogP contribution >= 0.6 is 0 Å². The second-order valence-corrected chi connectivity index (χ2v) is 7.65. The highest BCUT2D eigenvalue weighted by Crippen LogP contribution is 2.38. The first-order chi connectivity index (χ1) is 9.39. The van der Waals surface area contributed by atoms with Crippen LogP contribution < -0.4 is 5.32 Å². The van der Waals surface area contributed by atoms with Crippen molar-refractivity contribution in [1.82, 2.24) is 10.2 Å². The molecule has 1 N–H and O–H groups in total. The van der Waals surface area contributed by atoms with Crippen molar-refractivity contribution in [1.29, 1.82) is 0 Å². The summed E-state index contributed by atoms with van der Waals surface area (Å²) in [7, 11) is 0. The zero-order valence-corrected chi connectivity index (χ0v) is 14.9. The molecule has 2 heteroatoms. The van der Waals surface area contributed by atoms with E-state index in [1.807, 2.05) is 0 Å². The van der Waals surface area contributed by atoms with E-state index in [9.17, 15) is 0 Å². The predicted molar refractivity (Wildman–Crippen MR) is 90.2 cm³/mol. The van der Waals surface area contributed by atoms with Gasteiger partial charge in [-0.25, -0.2) is 0 Å². The third kappa shape index (κ3) is 4.73. The van der Waals surface area contributed by atoms with Crippen molar-refractivity contribution in [2.45, 2.75) is 79.7 Å². The van der Waals surface area contributed by atoms with Gasteiger partial charge in [-0.3, -0.25) is 0 Å². The molecule has 0 aromatic rings. The summed E-state index contributed by atoms with van der Waals surface area (Å²) in [5, 5.41) is 3.67. The van der Waals surface area contributed by atoms with E-state index in [0.717, 1.165) is 6.54 Å². The van der Waals surface area contributed by atoms with Gasteiger partial charge in [-0.15, -0.1) is 0 Å². The van der Waals surface area contributed by atoms with Crippen LogP contribution in [0, 0.1) is 10.8 Å².